The van der Waals surface area contributed by atoms with E-state index in [0.29, 0.717) is 30.5 Å². The lowest BCUT2D eigenvalue weighted by molar-refractivity contribution is 0.0852. The minimum atomic E-state index is -0.468. The Bertz CT molecular complexity index is 684. The molecule has 0 spiro atoms. The highest BCUT2D eigenvalue weighted by molar-refractivity contribution is 6.00. The van der Waals surface area contributed by atoms with Gasteiger partial charge in [0.2, 0.25) is 0 Å². The van der Waals surface area contributed by atoms with E-state index in [1.165, 1.54) is 12.4 Å². The van der Waals surface area contributed by atoms with Gasteiger partial charge in [0.15, 0.2) is 17.3 Å². The summed E-state index contributed by atoms with van der Waals surface area (Å²) in [6, 6.07) is 2.86. The van der Waals surface area contributed by atoms with Crippen molar-refractivity contribution in [1.82, 2.24) is 9.55 Å². The number of imidazole rings is 1. The van der Waals surface area contributed by atoms with E-state index in [0.717, 1.165) is 0 Å². The molecule has 0 saturated carbocycles. The third kappa shape index (κ3) is 2.88. The van der Waals surface area contributed by atoms with Crippen LogP contribution in [-0.4, -0.2) is 34.7 Å². The lowest BCUT2D eigenvalue weighted by Gasteiger charge is -2.20. The molecule has 0 fully saturated rings. The van der Waals surface area contributed by atoms with E-state index in [1.807, 2.05) is 13.8 Å². The van der Waals surface area contributed by atoms with Gasteiger partial charge in [0, 0.05) is 18.5 Å². The summed E-state index contributed by atoms with van der Waals surface area (Å²) < 4.78 is 26.9. The van der Waals surface area contributed by atoms with Crippen LogP contribution in [0.5, 0.6) is 11.5 Å². The normalized spacial score (nSPS) is 14.3. The van der Waals surface area contributed by atoms with Crippen LogP contribution < -0.4 is 9.47 Å². The van der Waals surface area contributed by atoms with E-state index in [4.69, 9.17) is 14.3 Å². The first-order valence-corrected chi connectivity index (χ1v) is 6.97. The van der Waals surface area contributed by atoms with Crippen LogP contribution in [-0.2, 0) is 4.84 Å². The quantitative estimate of drug-likeness (QED) is 0.496. The van der Waals surface area contributed by atoms with Gasteiger partial charge in [0.1, 0.15) is 31.5 Å². The van der Waals surface area contributed by atoms with E-state index in [1.54, 1.807) is 23.0 Å². The molecule has 1 aromatic heterocycles. The molecular formula is C15H16FN3O3. The number of fused-ring (bicyclic) bond motifs is 1. The third-order valence-electron chi connectivity index (χ3n) is 2.97. The molecule has 0 aliphatic carbocycles. The van der Waals surface area contributed by atoms with Crippen LogP contribution in [0.4, 0.5) is 4.39 Å². The molecule has 2 heterocycles. The molecule has 116 valence electrons. The Balaban J connectivity index is 2.06. The number of benzene rings is 1. The zero-order valence-electron chi connectivity index (χ0n) is 12.3. The summed E-state index contributed by atoms with van der Waals surface area (Å²) in [5.41, 5.74) is 0.253. The SMILES string of the molecule is CC(C)O/N=C(/c1cc2c(cc1F)OCCO2)n1ccnc1. The average Bonchev–Trinajstić information content (AvgIpc) is 3.01. The minimum absolute atomic E-state index is 0.126. The Morgan fingerprint density at radius 3 is 2.68 bits per heavy atom. The van der Waals surface area contributed by atoms with Crippen LogP contribution in [0, 0.1) is 5.82 Å². The van der Waals surface area contributed by atoms with Crippen molar-refractivity contribution in [3.8, 4) is 11.5 Å². The second-order valence-electron chi connectivity index (χ2n) is 5.01. The molecule has 0 atom stereocenters. The molecule has 1 aliphatic rings. The number of rotatable bonds is 3. The van der Waals surface area contributed by atoms with Crippen molar-refractivity contribution in [2.24, 2.45) is 5.16 Å². The van der Waals surface area contributed by atoms with Crippen LogP contribution in [0.2, 0.25) is 0 Å². The fourth-order valence-corrected chi connectivity index (χ4v) is 2.01. The van der Waals surface area contributed by atoms with Crippen LogP contribution >= 0.6 is 0 Å². The summed E-state index contributed by atoms with van der Waals surface area (Å²) in [4.78, 5) is 9.24. The van der Waals surface area contributed by atoms with E-state index < -0.39 is 5.82 Å². The highest BCUT2D eigenvalue weighted by Gasteiger charge is 2.20. The molecule has 0 radical (unpaired) electrons. The summed E-state index contributed by atoms with van der Waals surface area (Å²) in [5, 5.41) is 4.05. The van der Waals surface area contributed by atoms with Crippen LogP contribution in [0.25, 0.3) is 0 Å². The van der Waals surface area contributed by atoms with Crippen LogP contribution in [0.15, 0.2) is 36.0 Å². The number of hydrogen-bond acceptors (Lipinski definition) is 5. The van der Waals surface area contributed by atoms with Gasteiger partial charge in [0.05, 0.1) is 5.56 Å². The molecule has 6 nitrogen and oxygen atoms in total. The number of hydrogen-bond donors (Lipinski definition) is 0. The summed E-state index contributed by atoms with van der Waals surface area (Å²) in [7, 11) is 0. The average molecular weight is 305 g/mol. The Labute approximate surface area is 127 Å². The monoisotopic (exact) mass is 305 g/mol. The first-order chi connectivity index (χ1) is 10.6. The molecule has 0 amide bonds. The minimum Gasteiger partial charge on any atom is -0.486 e. The van der Waals surface area contributed by atoms with Gasteiger partial charge in [-0.25, -0.2) is 9.37 Å². The fraction of sp³-hybridized carbons (Fsp3) is 0.333. The third-order valence-corrected chi connectivity index (χ3v) is 2.97. The zero-order valence-corrected chi connectivity index (χ0v) is 12.3. The first kappa shape index (κ1) is 14.4. The standard InChI is InChI=1S/C15H16FN3O3/c1-10(2)22-18-15(19-4-3-17-9-19)11-7-13-14(8-12(11)16)21-6-5-20-13/h3-4,7-10H,5-6H2,1-2H3/b18-15-. The molecule has 0 N–H and O–H groups in total. The second kappa shape index (κ2) is 6.05. The van der Waals surface area contributed by atoms with Crippen molar-refractivity contribution in [1.29, 1.82) is 0 Å². The zero-order chi connectivity index (χ0) is 15.5. The molecule has 0 saturated heterocycles. The summed E-state index contributed by atoms with van der Waals surface area (Å²) in [6.07, 6.45) is 4.65. The molecule has 3 rings (SSSR count). The van der Waals surface area contributed by atoms with Gasteiger partial charge in [-0.1, -0.05) is 5.16 Å². The molecule has 7 heteroatoms. The van der Waals surface area contributed by atoms with Gasteiger partial charge >= 0.3 is 0 Å². The number of oxime groups is 1. The number of halogens is 1. The van der Waals surface area contributed by atoms with Gasteiger partial charge in [-0.2, -0.15) is 0 Å². The van der Waals surface area contributed by atoms with E-state index in [9.17, 15) is 4.39 Å². The van der Waals surface area contributed by atoms with Gasteiger partial charge < -0.3 is 14.3 Å². The van der Waals surface area contributed by atoms with E-state index >= 15 is 0 Å². The van der Waals surface area contributed by atoms with Gasteiger partial charge in [-0.3, -0.25) is 4.57 Å². The summed E-state index contributed by atoms with van der Waals surface area (Å²) in [5.74, 6) is 0.701. The largest absolute Gasteiger partial charge is 0.486 e. The smallest absolute Gasteiger partial charge is 0.187 e. The van der Waals surface area contributed by atoms with Gasteiger partial charge in [-0.05, 0) is 19.9 Å². The molecule has 0 unspecified atom stereocenters. The molecule has 22 heavy (non-hydrogen) atoms. The summed E-state index contributed by atoms with van der Waals surface area (Å²) in [6.45, 7) is 4.52. The van der Waals surface area contributed by atoms with Crippen molar-refractivity contribution in [2.45, 2.75) is 20.0 Å². The predicted octanol–water partition coefficient (Wildman–Crippen LogP) is 2.43. The lowest BCUT2D eigenvalue weighted by Crippen LogP contribution is -2.19. The lowest BCUT2D eigenvalue weighted by atomic mass is 10.1. The maximum absolute atomic E-state index is 14.4. The second-order valence-corrected chi connectivity index (χ2v) is 5.01. The molecule has 1 aromatic carbocycles. The maximum Gasteiger partial charge on any atom is 0.187 e. The number of ether oxygens (including phenoxy) is 2. The maximum atomic E-state index is 14.4. The molecule has 0 bridgehead atoms. The highest BCUT2D eigenvalue weighted by atomic mass is 19.1. The van der Waals surface area contributed by atoms with Gasteiger partial charge in [-0.15, -0.1) is 0 Å². The van der Waals surface area contributed by atoms with Crippen molar-refractivity contribution < 1.29 is 18.7 Å². The Morgan fingerprint density at radius 2 is 2.05 bits per heavy atom. The van der Waals surface area contributed by atoms with Gasteiger partial charge in [0.25, 0.3) is 0 Å². The van der Waals surface area contributed by atoms with Crippen molar-refractivity contribution in [3.05, 3.63) is 42.2 Å². The molecular weight excluding hydrogens is 289 g/mol. The Hall–Kier alpha value is -2.57. The Morgan fingerprint density at radius 1 is 1.32 bits per heavy atom. The number of aromatic nitrogens is 2. The topological polar surface area (TPSA) is 57.9 Å². The number of nitrogens with zero attached hydrogens (tertiary/aromatic N) is 3. The van der Waals surface area contributed by atoms with Crippen molar-refractivity contribution in [3.63, 3.8) is 0 Å². The highest BCUT2D eigenvalue weighted by Crippen LogP contribution is 2.33. The Kier molecular flexibility index (Phi) is 3.95. The van der Waals surface area contributed by atoms with Crippen molar-refractivity contribution >= 4 is 5.84 Å². The van der Waals surface area contributed by atoms with Crippen molar-refractivity contribution in [2.75, 3.05) is 13.2 Å². The van der Waals surface area contributed by atoms with Crippen LogP contribution in [0.1, 0.15) is 19.4 Å². The summed E-state index contributed by atoms with van der Waals surface area (Å²) >= 11 is 0. The molecule has 1 aliphatic heterocycles. The predicted molar refractivity (Wildman–Crippen MR) is 77.8 cm³/mol. The van der Waals surface area contributed by atoms with E-state index in [2.05, 4.69) is 10.1 Å². The van der Waals surface area contributed by atoms with E-state index in [-0.39, 0.29) is 11.7 Å². The first-order valence-electron chi connectivity index (χ1n) is 6.97. The molecule has 2 aromatic rings. The fourth-order valence-electron chi connectivity index (χ4n) is 2.01. The van der Waals surface area contributed by atoms with Crippen LogP contribution in [0.3, 0.4) is 0 Å².